The van der Waals surface area contributed by atoms with Crippen LogP contribution in [0.5, 0.6) is 0 Å². The second-order valence-corrected chi connectivity index (χ2v) is 6.40. The number of nitrogens with one attached hydrogen (secondary N) is 1. The Kier molecular flexibility index (Phi) is 5.48. The van der Waals surface area contributed by atoms with E-state index < -0.39 is 11.7 Å². The minimum Gasteiger partial charge on any atom is -0.352 e. The van der Waals surface area contributed by atoms with Crippen molar-refractivity contribution < 1.29 is 22.8 Å². The highest BCUT2D eigenvalue weighted by Gasteiger charge is 2.29. The van der Waals surface area contributed by atoms with E-state index in [0.29, 0.717) is 37.1 Å². The van der Waals surface area contributed by atoms with Crippen LogP contribution in [0.1, 0.15) is 34.3 Å². The maximum absolute atomic E-state index is 12.5. The monoisotopic (exact) mass is 376 g/mol. The van der Waals surface area contributed by atoms with E-state index in [-0.39, 0.29) is 11.8 Å². The summed E-state index contributed by atoms with van der Waals surface area (Å²) >= 11 is 0. The summed E-state index contributed by atoms with van der Waals surface area (Å²) in [5, 5.41) is 2.75. The van der Waals surface area contributed by atoms with Crippen LogP contribution in [0.15, 0.2) is 48.5 Å². The van der Waals surface area contributed by atoms with Crippen molar-refractivity contribution in [2.75, 3.05) is 18.0 Å². The van der Waals surface area contributed by atoms with Gasteiger partial charge < -0.3 is 10.2 Å². The normalized spacial score (nSPS) is 14.5. The molecular formula is C20H19F3N2O2. The molecule has 2 aromatic carbocycles. The van der Waals surface area contributed by atoms with Gasteiger partial charge in [0.1, 0.15) is 0 Å². The zero-order chi connectivity index (χ0) is 19.4. The molecule has 142 valence electrons. The number of hydrogen-bond donors (Lipinski definition) is 1. The molecule has 2 aromatic rings. The van der Waals surface area contributed by atoms with Gasteiger partial charge in [0.2, 0.25) is 5.91 Å². The Morgan fingerprint density at radius 1 is 1.04 bits per heavy atom. The summed E-state index contributed by atoms with van der Waals surface area (Å²) in [6.45, 7) is 1.01. The Morgan fingerprint density at radius 3 is 2.26 bits per heavy atom. The smallest absolute Gasteiger partial charge is 0.352 e. The van der Waals surface area contributed by atoms with Gasteiger partial charge in [-0.05, 0) is 54.8 Å². The van der Waals surface area contributed by atoms with Gasteiger partial charge in [0.25, 0.3) is 5.91 Å². The fourth-order valence-electron chi connectivity index (χ4n) is 3.00. The molecule has 0 aliphatic carbocycles. The Balaban J connectivity index is 1.51. The molecule has 1 heterocycles. The predicted octanol–water partition coefficient (Wildman–Crippen LogP) is 3.80. The number of anilines is 1. The van der Waals surface area contributed by atoms with E-state index in [1.165, 1.54) is 12.1 Å². The first-order valence-electron chi connectivity index (χ1n) is 8.69. The summed E-state index contributed by atoms with van der Waals surface area (Å²) in [6, 6.07) is 11.7. The lowest BCUT2D eigenvalue weighted by atomic mass is 10.1. The van der Waals surface area contributed by atoms with Crippen molar-refractivity contribution in [1.82, 2.24) is 5.32 Å². The lowest BCUT2D eigenvalue weighted by Gasteiger charge is -2.15. The van der Waals surface area contributed by atoms with Crippen LogP contribution >= 0.6 is 0 Å². The number of carbonyl (C=O) groups is 2. The van der Waals surface area contributed by atoms with Crippen LogP contribution in [0, 0.1) is 0 Å². The lowest BCUT2D eigenvalue weighted by molar-refractivity contribution is -0.137. The van der Waals surface area contributed by atoms with Crippen molar-refractivity contribution in [2.24, 2.45) is 0 Å². The molecule has 1 aliphatic heterocycles. The number of rotatable bonds is 5. The Morgan fingerprint density at radius 2 is 1.70 bits per heavy atom. The molecule has 7 heteroatoms. The standard InChI is InChI=1S/C20H19F3N2O2/c21-20(22,23)16-7-3-14(4-8-16)11-12-24-19(27)15-5-9-17(10-6-15)25-13-1-2-18(25)26/h3-10H,1-2,11-13H2,(H,24,27). The van der Waals surface area contributed by atoms with Crippen molar-refractivity contribution in [3.8, 4) is 0 Å². The average Bonchev–Trinajstić information content (AvgIpc) is 3.07. The van der Waals surface area contributed by atoms with Crippen LogP contribution in [0.25, 0.3) is 0 Å². The van der Waals surface area contributed by atoms with Gasteiger partial charge in [0.15, 0.2) is 0 Å². The molecule has 0 unspecified atom stereocenters. The van der Waals surface area contributed by atoms with Crippen LogP contribution < -0.4 is 10.2 Å². The van der Waals surface area contributed by atoms with Crippen molar-refractivity contribution in [3.05, 3.63) is 65.2 Å². The number of carbonyl (C=O) groups excluding carboxylic acids is 2. The van der Waals surface area contributed by atoms with Crippen LogP contribution in [-0.2, 0) is 17.4 Å². The summed E-state index contributed by atoms with van der Waals surface area (Å²) in [4.78, 5) is 25.6. The molecule has 2 amide bonds. The number of hydrogen-bond acceptors (Lipinski definition) is 2. The topological polar surface area (TPSA) is 49.4 Å². The molecule has 0 atom stereocenters. The molecule has 1 aliphatic rings. The van der Waals surface area contributed by atoms with Crippen LogP contribution in [0.4, 0.5) is 18.9 Å². The van der Waals surface area contributed by atoms with Crippen molar-refractivity contribution >= 4 is 17.5 Å². The largest absolute Gasteiger partial charge is 0.416 e. The Labute approximate surface area is 155 Å². The number of benzene rings is 2. The Hall–Kier alpha value is -2.83. The van der Waals surface area contributed by atoms with Gasteiger partial charge in [0.05, 0.1) is 5.56 Å². The summed E-state index contributed by atoms with van der Waals surface area (Å²) in [5.41, 5.74) is 1.27. The first kappa shape index (κ1) is 18.9. The average molecular weight is 376 g/mol. The van der Waals surface area contributed by atoms with E-state index in [2.05, 4.69) is 5.32 Å². The van der Waals surface area contributed by atoms with Gasteiger partial charge in [-0.1, -0.05) is 12.1 Å². The van der Waals surface area contributed by atoms with E-state index in [0.717, 1.165) is 24.2 Å². The summed E-state index contributed by atoms with van der Waals surface area (Å²) in [5.74, 6) is -0.176. The molecule has 0 bridgehead atoms. The van der Waals surface area contributed by atoms with Crippen molar-refractivity contribution in [1.29, 1.82) is 0 Å². The first-order chi connectivity index (χ1) is 12.8. The third-order valence-corrected chi connectivity index (χ3v) is 4.50. The van der Waals surface area contributed by atoms with Crippen LogP contribution in [0.3, 0.4) is 0 Å². The molecule has 3 rings (SSSR count). The van der Waals surface area contributed by atoms with E-state index in [9.17, 15) is 22.8 Å². The second-order valence-electron chi connectivity index (χ2n) is 6.40. The van der Waals surface area contributed by atoms with Crippen LogP contribution in [0.2, 0.25) is 0 Å². The number of amides is 2. The highest BCUT2D eigenvalue weighted by atomic mass is 19.4. The third-order valence-electron chi connectivity index (χ3n) is 4.50. The molecule has 1 fully saturated rings. The lowest BCUT2D eigenvalue weighted by Crippen LogP contribution is -2.26. The quantitative estimate of drug-likeness (QED) is 0.863. The molecule has 0 aromatic heterocycles. The molecule has 27 heavy (non-hydrogen) atoms. The maximum atomic E-state index is 12.5. The summed E-state index contributed by atoms with van der Waals surface area (Å²) in [6.07, 6.45) is -2.53. The van der Waals surface area contributed by atoms with Crippen LogP contribution in [-0.4, -0.2) is 24.9 Å². The highest BCUT2D eigenvalue weighted by Crippen LogP contribution is 2.29. The fraction of sp³-hybridized carbons (Fsp3) is 0.300. The van der Waals surface area contributed by atoms with E-state index in [4.69, 9.17) is 0 Å². The Bertz CT molecular complexity index is 815. The maximum Gasteiger partial charge on any atom is 0.416 e. The molecule has 0 spiro atoms. The molecule has 4 nitrogen and oxygen atoms in total. The summed E-state index contributed by atoms with van der Waals surface area (Å²) in [7, 11) is 0. The van der Waals surface area contributed by atoms with E-state index in [1.807, 2.05) is 0 Å². The SMILES string of the molecule is O=C(NCCc1ccc(C(F)(F)F)cc1)c1ccc(N2CCCC2=O)cc1. The number of alkyl halides is 3. The minimum atomic E-state index is -4.35. The van der Waals surface area contributed by atoms with E-state index >= 15 is 0 Å². The third kappa shape index (κ3) is 4.67. The fourth-order valence-corrected chi connectivity index (χ4v) is 3.00. The molecule has 0 radical (unpaired) electrons. The van der Waals surface area contributed by atoms with Gasteiger partial charge in [-0.15, -0.1) is 0 Å². The number of halogens is 3. The molecule has 0 saturated carbocycles. The van der Waals surface area contributed by atoms with Gasteiger partial charge in [0, 0.05) is 30.8 Å². The first-order valence-corrected chi connectivity index (χ1v) is 8.69. The zero-order valence-corrected chi connectivity index (χ0v) is 14.6. The van der Waals surface area contributed by atoms with Gasteiger partial charge >= 0.3 is 6.18 Å². The molecule has 1 saturated heterocycles. The van der Waals surface area contributed by atoms with Gasteiger partial charge in [-0.3, -0.25) is 9.59 Å². The van der Waals surface area contributed by atoms with Crippen molar-refractivity contribution in [3.63, 3.8) is 0 Å². The second kappa shape index (κ2) is 7.82. The zero-order valence-electron chi connectivity index (χ0n) is 14.6. The summed E-state index contributed by atoms with van der Waals surface area (Å²) < 4.78 is 37.6. The molecule has 1 N–H and O–H groups in total. The van der Waals surface area contributed by atoms with Gasteiger partial charge in [-0.2, -0.15) is 13.2 Å². The van der Waals surface area contributed by atoms with Crippen molar-refractivity contribution in [2.45, 2.75) is 25.4 Å². The van der Waals surface area contributed by atoms with Gasteiger partial charge in [-0.25, -0.2) is 0 Å². The highest BCUT2D eigenvalue weighted by molar-refractivity contribution is 5.97. The van der Waals surface area contributed by atoms with E-state index in [1.54, 1.807) is 29.2 Å². The number of nitrogens with zero attached hydrogens (tertiary/aromatic N) is 1. The minimum absolute atomic E-state index is 0.0868. The predicted molar refractivity (Wildman–Crippen MR) is 95.5 cm³/mol. The molecular weight excluding hydrogens is 357 g/mol.